The second kappa shape index (κ2) is 6.87. The van der Waals surface area contributed by atoms with Gasteiger partial charge in [0.05, 0.1) is 6.54 Å². The van der Waals surface area contributed by atoms with Crippen molar-refractivity contribution in [3.63, 3.8) is 0 Å². The molecular formula is C15H14N6O3. The van der Waals surface area contributed by atoms with Crippen molar-refractivity contribution in [2.75, 3.05) is 13.1 Å². The molecule has 3 rings (SSSR count). The highest BCUT2D eigenvalue weighted by Crippen LogP contribution is 2.19. The SMILES string of the molecule is N#Cc1nccnc1OC1CCCN(C(=O)c2ccc(=O)[nH]n2)C1. The second-order valence-electron chi connectivity index (χ2n) is 5.26. The van der Waals surface area contributed by atoms with Crippen molar-refractivity contribution < 1.29 is 9.53 Å². The van der Waals surface area contributed by atoms with Gasteiger partial charge >= 0.3 is 0 Å². The van der Waals surface area contributed by atoms with Crippen molar-refractivity contribution in [3.8, 4) is 11.9 Å². The fourth-order valence-electron chi connectivity index (χ4n) is 2.49. The summed E-state index contributed by atoms with van der Waals surface area (Å²) in [5, 5.41) is 15.0. The number of nitrogens with zero attached hydrogens (tertiary/aromatic N) is 5. The third-order valence-corrected chi connectivity index (χ3v) is 3.61. The Bertz CT molecular complexity index is 823. The number of hydrogen-bond acceptors (Lipinski definition) is 7. The molecule has 122 valence electrons. The highest BCUT2D eigenvalue weighted by Gasteiger charge is 2.27. The van der Waals surface area contributed by atoms with Gasteiger partial charge in [-0.15, -0.1) is 0 Å². The second-order valence-corrected chi connectivity index (χ2v) is 5.26. The number of aromatic amines is 1. The molecule has 1 aliphatic heterocycles. The van der Waals surface area contributed by atoms with Gasteiger partial charge in [-0.3, -0.25) is 9.59 Å². The normalized spacial score (nSPS) is 17.1. The zero-order valence-corrected chi connectivity index (χ0v) is 12.7. The summed E-state index contributed by atoms with van der Waals surface area (Å²) < 4.78 is 5.74. The molecule has 0 aliphatic carbocycles. The van der Waals surface area contributed by atoms with Crippen LogP contribution in [0.25, 0.3) is 0 Å². The fraction of sp³-hybridized carbons (Fsp3) is 0.333. The maximum absolute atomic E-state index is 12.4. The van der Waals surface area contributed by atoms with E-state index in [1.54, 1.807) is 4.90 Å². The van der Waals surface area contributed by atoms with Crippen LogP contribution >= 0.6 is 0 Å². The predicted molar refractivity (Wildman–Crippen MR) is 81.2 cm³/mol. The minimum absolute atomic E-state index is 0.114. The fourth-order valence-corrected chi connectivity index (χ4v) is 2.49. The van der Waals surface area contributed by atoms with E-state index in [0.717, 1.165) is 12.8 Å². The van der Waals surface area contributed by atoms with Gasteiger partial charge < -0.3 is 9.64 Å². The van der Waals surface area contributed by atoms with Crippen molar-refractivity contribution in [2.45, 2.75) is 18.9 Å². The zero-order valence-electron chi connectivity index (χ0n) is 12.7. The van der Waals surface area contributed by atoms with E-state index in [1.807, 2.05) is 6.07 Å². The molecule has 2 aromatic heterocycles. The van der Waals surface area contributed by atoms with E-state index in [1.165, 1.54) is 24.5 Å². The van der Waals surface area contributed by atoms with Gasteiger partial charge in [-0.05, 0) is 18.9 Å². The number of piperidine rings is 1. The summed E-state index contributed by atoms with van der Waals surface area (Å²) in [6, 6.07) is 4.58. The van der Waals surface area contributed by atoms with Crippen molar-refractivity contribution in [1.29, 1.82) is 5.26 Å². The quantitative estimate of drug-likeness (QED) is 0.849. The molecule has 0 radical (unpaired) electrons. The Hall–Kier alpha value is -3.28. The molecule has 0 spiro atoms. The van der Waals surface area contributed by atoms with E-state index in [4.69, 9.17) is 10.00 Å². The number of hydrogen-bond donors (Lipinski definition) is 1. The lowest BCUT2D eigenvalue weighted by molar-refractivity contribution is 0.0520. The highest BCUT2D eigenvalue weighted by atomic mass is 16.5. The Morgan fingerprint density at radius 3 is 2.96 bits per heavy atom. The van der Waals surface area contributed by atoms with E-state index < -0.39 is 0 Å². The predicted octanol–water partition coefficient (Wildman–Crippen LogP) is 0.115. The van der Waals surface area contributed by atoms with E-state index in [0.29, 0.717) is 13.1 Å². The Morgan fingerprint density at radius 1 is 1.38 bits per heavy atom. The molecule has 1 fully saturated rings. The average molecular weight is 326 g/mol. The van der Waals surface area contributed by atoms with Crippen LogP contribution in [-0.4, -0.2) is 50.2 Å². The average Bonchev–Trinajstić information content (AvgIpc) is 2.62. The van der Waals surface area contributed by atoms with Crippen LogP contribution in [0.5, 0.6) is 5.88 Å². The van der Waals surface area contributed by atoms with Crippen LogP contribution in [0.3, 0.4) is 0 Å². The number of carbonyl (C=O) groups is 1. The molecule has 9 nitrogen and oxygen atoms in total. The Labute approximate surface area is 136 Å². The summed E-state index contributed by atoms with van der Waals surface area (Å²) in [5.74, 6) is -0.110. The van der Waals surface area contributed by atoms with Gasteiger partial charge in [0, 0.05) is 25.0 Å². The smallest absolute Gasteiger partial charge is 0.274 e. The standard InChI is InChI=1S/C15H14N6O3/c16-8-12-14(18-6-5-17-12)24-10-2-1-7-21(9-10)15(23)11-3-4-13(22)20-19-11/h3-6,10H,1-2,7,9H2,(H,20,22). The van der Waals surface area contributed by atoms with E-state index in [-0.39, 0.29) is 34.8 Å². The Morgan fingerprint density at radius 2 is 2.21 bits per heavy atom. The zero-order chi connectivity index (χ0) is 16.9. The van der Waals surface area contributed by atoms with Crippen molar-refractivity contribution in [3.05, 3.63) is 46.3 Å². The molecule has 0 aromatic carbocycles. The first-order valence-electron chi connectivity index (χ1n) is 7.40. The van der Waals surface area contributed by atoms with Crippen LogP contribution in [0.1, 0.15) is 29.0 Å². The third kappa shape index (κ3) is 3.38. The van der Waals surface area contributed by atoms with Gasteiger partial charge in [0.15, 0.2) is 0 Å². The summed E-state index contributed by atoms with van der Waals surface area (Å²) in [7, 11) is 0. The molecule has 1 atom stereocenters. The number of nitrogens with one attached hydrogen (secondary N) is 1. The molecule has 24 heavy (non-hydrogen) atoms. The lowest BCUT2D eigenvalue weighted by Crippen LogP contribution is -2.45. The number of aromatic nitrogens is 4. The maximum atomic E-state index is 12.4. The number of H-pyrrole nitrogens is 1. The molecule has 1 aliphatic rings. The third-order valence-electron chi connectivity index (χ3n) is 3.61. The number of carbonyl (C=O) groups excluding carboxylic acids is 1. The lowest BCUT2D eigenvalue weighted by atomic mass is 10.1. The van der Waals surface area contributed by atoms with Gasteiger partial charge in [-0.1, -0.05) is 0 Å². The van der Waals surface area contributed by atoms with Gasteiger partial charge in [0.1, 0.15) is 17.9 Å². The van der Waals surface area contributed by atoms with E-state index in [9.17, 15) is 9.59 Å². The van der Waals surface area contributed by atoms with Crippen LogP contribution in [0.15, 0.2) is 29.3 Å². The van der Waals surface area contributed by atoms with Gasteiger partial charge in [-0.25, -0.2) is 15.1 Å². The first-order valence-corrected chi connectivity index (χ1v) is 7.40. The van der Waals surface area contributed by atoms with Crippen LogP contribution in [0.4, 0.5) is 0 Å². The van der Waals surface area contributed by atoms with Crippen LogP contribution in [-0.2, 0) is 0 Å². The topological polar surface area (TPSA) is 125 Å². The molecule has 1 saturated heterocycles. The molecule has 9 heteroatoms. The molecule has 0 saturated carbocycles. The molecule has 2 aromatic rings. The number of likely N-dealkylation sites (tertiary alicyclic amines) is 1. The summed E-state index contributed by atoms with van der Waals surface area (Å²) in [5.41, 5.74) is -0.0752. The summed E-state index contributed by atoms with van der Waals surface area (Å²) >= 11 is 0. The first kappa shape index (κ1) is 15.6. The summed E-state index contributed by atoms with van der Waals surface area (Å²) in [6.45, 7) is 0.923. The molecular weight excluding hydrogens is 312 g/mol. The van der Waals surface area contributed by atoms with E-state index >= 15 is 0 Å². The molecule has 0 bridgehead atoms. The highest BCUT2D eigenvalue weighted by molar-refractivity contribution is 5.92. The maximum Gasteiger partial charge on any atom is 0.274 e. The van der Waals surface area contributed by atoms with Crippen LogP contribution in [0, 0.1) is 11.3 Å². The van der Waals surface area contributed by atoms with Crippen molar-refractivity contribution in [1.82, 2.24) is 25.1 Å². The van der Waals surface area contributed by atoms with Gasteiger partial charge in [-0.2, -0.15) is 10.4 Å². The number of amides is 1. The minimum Gasteiger partial charge on any atom is -0.470 e. The van der Waals surface area contributed by atoms with Crippen LogP contribution in [0.2, 0.25) is 0 Å². The number of nitriles is 1. The number of rotatable bonds is 3. The molecule has 1 N–H and O–H groups in total. The van der Waals surface area contributed by atoms with Crippen LogP contribution < -0.4 is 10.3 Å². The minimum atomic E-state index is -0.363. The van der Waals surface area contributed by atoms with Crippen molar-refractivity contribution in [2.24, 2.45) is 0 Å². The first-order chi connectivity index (χ1) is 11.7. The largest absolute Gasteiger partial charge is 0.470 e. The summed E-state index contributed by atoms with van der Waals surface area (Å²) in [4.78, 5) is 33.0. The van der Waals surface area contributed by atoms with E-state index in [2.05, 4.69) is 20.2 Å². The Kier molecular flexibility index (Phi) is 4.47. The number of ether oxygens (including phenoxy) is 1. The molecule has 1 unspecified atom stereocenters. The monoisotopic (exact) mass is 326 g/mol. The van der Waals surface area contributed by atoms with Gasteiger partial charge in [0.25, 0.3) is 17.3 Å². The molecule has 1 amide bonds. The van der Waals surface area contributed by atoms with Crippen molar-refractivity contribution >= 4 is 5.91 Å². The lowest BCUT2D eigenvalue weighted by Gasteiger charge is -2.32. The van der Waals surface area contributed by atoms with Gasteiger partial charge in [0.2, 0.25) is 5.69 Å². The Balaban J connectivity index is 1.70. The summed E-state index contributed by atoms with van der Waals surface area (Å²) in [6.07, 6.45) is 4.08. The molecule has 3 heterocycles.